The lowest BCUT2D eigenvalue weighted by molar-refractivity contribution is -0.170. The van der Waals surface area contributed by atoms with Gasteiger partial charge in [0.1, 0.15) is 5.54 Å². The zero-order chi connectivity index (χ0) is 19.8. The van der Waals surface area contributed by atoms with Crippen LogP contribution in [0.3, 0.4) is 0 Å². The van der Waals surface area contributed by atoms with Crippen molar-refractivity contribution in [3.8, 4) is 5.82 Å². The molecule has 1 fully saturated rings. The first-order chi connectivity index (χ1) is 12.7. The zero-order valence-corrected chi connectivity index (χ0v) is 19.2. The normalized spacial score (nSPS) is 22.1. The molecule has 29 heavy (non-hydrogen) atoms. The molecule has 1 amide bonds. The molecule has 2 aromatic heterocycles. The first kappa shape index (κ1) is 25.4. The van der Waals surface area contributed by atoms with Gasteiger partial charge in [-0.1, -0.05) is 19.9 Å². The van der Waals surface area contributed by atoms with Gasteiger partial charge in [-0.15, -0.1) is 24.8 Å². The Bertz CT molecular complexity index is 838. The number of nitrogens with two attached hydrogens (primary N) is 1. The first-order valence-corrected chi connectivity index (χ1v) is 9.36. The number of hydrogen-bond donors (Lipinski definition) is 2. The Balaban J connectivity index is 0.00000210. The highest BCUT2D eigenvalue weighted by molar-refractivity contribution is 5.88. The van der Waals surface area contributed by atoms with Crippen LogP contribution in [0.1, 0.15) is 44.1 Å². The third-order valence-electron chi connectivity index (χ3n) is 5.72. The number of nitrogens with one attached hydrogen (secondary N) is 1. The predicted molar refractivity (Wildman–Crippen MR) is 118 cm³/mol. The summed E-state index contributed by atoms with van der Waals surface area (Å²) in [6.07, 6.45) is 2.30. The Labute approximate surface area is 184 Å². The van der Waals surface area contributed by atoms with Crippen LogP contribution in [0.2, 0.25) is 0 Å². The molecule has 1 aliphatic rings. The molecule has 0 bridgehead atoms. The number of halogens is 2. The van der Waals surface area contributed by atoms with Crippen LogP contribution in [-0.4, -0.2) is 38.9 Å². The highest BCUT2D eigenvalue weighted by Crippen LogP contribution is 2.49. The fourth-order valence-electron chi connectivity index (χ4n) is 3.67. The lowest BCUT2D eigenvalue weighted by Crippen LogP contribution is -2.75. The van der Waals surface area contributed by atoms with Gasteiger partial charge in [-0.2, -0.15) is 5.10 Å². The number of rotatable bonds is 6. The molecule has 0 spiro atoms. The van der Waals surface area contributed by atoms with Crippen molar-refractivity contribution in [1.82, 2.24) is 20.1 Å². The fraction of sp³-hybridized carbons (Fsp3) is 0.550. The van der Waals surface area contributed by atoms with Gasteiger partial charge in [-0.3, -0.25) is 4.79 Å². The van der Waals surface area contributed by atoms with E-state index in [0.29, 0.717) is 19.6 Å². The van der Waals surface area contributed by atoms with Crippen LogP contribution in [0, 0.1) is 19.3 Å². The van der Waals surface area contributed by atoms with E-state index >= 15 is 0 Å². The number of aromatic nitrogens is 3. The average molecular weight is 444 g/mol. The molecule has 1 aliphatic carbocycles. The van der Waals surface area contributed by atoms with Gasteiger partial charge in [0.05, 0.1) is 11.8 Å². The number of amides is 1. The summed E-state index contributed by atoms with van der Waals surface area (Å²) in [5, 5.41) is 7.38. The molecule has 3 N–H and O–H groups in total. The molecule has 0 aliphatic heterocycles. The minimum Gasteiger partial charge on any atom is -0.378 e. The number of aryl methyl sites for hydroxylation is 2. The van der Waals surface area contributed by atoms with Gasteiger partial charge in [0, 0.05) is 36.9 Å². The monoisotopic (exact) mass is 443 g/mol. The van der Waals surface area contributed by atoms with Crippen molar-refractivity contribution in [2.45, 2.75) is 59.2 Å². The molecule has 162 valence electrons. The standard InChI is InChI=1S/C20H29N5O2.2ClH/c1-6-27-16-10-20(21,19(16,4)5)18(26)23-12-15-7-8-17(22-11-15)25-14(3)9-13(2)24-25;;/h7-9,11,16H,6,10,12,21H2,1-5H3,(H,23,26);2*1H. The third-order valence-corrected chi connectivity index (χ3v) is 5.72. The molecule has 3 rings (SSSR count). The number of nitrogens with zero attached hydrogens (tertiary/aromatic N) is 3. The third kappa shape index (κ3) is 4.58. The van der Waals surface area contributed by atoms with E-state index in [4.69, 9.17) is 10.5 Å². The predicted octanol–water partition coefficient (Wildman–Crippen LogP) is 2.88. The Morgan fingerprint density at radius 2 is 2.03 bits per heavy atom. The molecule has 0 saturated heterocycles. The van der Waals surface area contributed by atoms with Crippen molar-refractivity contribution in [2.75, 3.05) is 6.61 Å². The van der Waals surface area contributed by atoms with Gasteiger partial charge in [0.25, 0.3) is 0 Å². The molecule has 7 nitrogen and oxygen atoms in total. The maximum absolute atomic E-state index is 12.7. The topological polar surface area (TPSA) is 95.1 Å². The molecule has 2 atom stereocenters. The second kappa shape index (κ2) is 9.43. The summed E-state index contributed by atoms with van der Waals surface area (Å²) >= 11 is 0. The number of hydrogen-bond acceptors (Lipinski definition) is 5. The first-order valence-electron chi connectivity index (χ1n) is 9.36. The van der Waals surface area contributed by atoms with Crippen molar-refractivity contribution in [2.24, 2.45) is 11.1 Å². The van der Waals surface area contributed by atoms with E-state index in [0.717, 1.165) is 22.8 Å². The Kier molecular flexibility index (Phi) is 8.25. The van der Waals surface area contributed by atoms with E-state index in [-0.39, 0.29) is 36.8 Å². The Morgan fingerprint density at radius 3 is 2.52 bits per heavy atom. The molecule has 0 radical (unpaired) electrons. The van der Waals surface area contributed by atoms with Crippen molar-refractivity contribution in [3.05, 3.63) is 41.3 Å². The van der Waals surface area contributed by atoms with Gasteiger partial charge < -0.3 is 15.8 Å². The summed E-state index contributed by atoms with van der Waals surface area (Å²) in [5.41, 5.74) is 7.99. The van der Waals surface area contributed by atoms with Crippen LogP contribution in [0.25, 0.3) is 5.82 Å². The molecule has 0 aromatic carbocycles. The van der Waals surface area contributed by atoms with Crippen LogP contribution in [-0.2, 0) is 16.1 Å². The highest BCUT2D eigenvalue weighted by atomic mass is 35.5. The maximum Gasteiger partial charge on any atom is 0.241 e. The molecule has 2 aromatic rings. The van der Waals surface area contributed by atoms with E-state index in [1.54, 1.807) is 10.9 Å². The second-order valence-corrected chi connectivity index (χ2v) is 7.89. The molecule has 2 heterocycles. The minimum atomic E-state index is -0.913. The van der Waals surface area contributed by atoms with Crippen molar-refractivity contribution < 1.29 is 9.53 Å². The second-order valence-electron chi connectivity index (χ2n) is 7.89. The number of pyridine rings is 1. The van der Waals surface area contributed by atoms with Gasteiger partial charge in [0.15, 0.2) is 5.82 Å². The summed E-state index contributed by atoms with van der Waals surface area (Å²) in [7, 11) is 0. The highest BCUT2D eigenvalue weighted by Gasteiger charge is 2.62. The smallest absolute Gasteiger partial charge is 0.241 e. The maximum atomic E-state index is 12.7. The van der Waals surface area contributed by atoms with E-state index in [1.807, 2.05) is 52.8 Å². The van der Waals surface area contributed by atoms with Gasteiger partial charge >= 0.3 is 0 Å². The van der Waals surface area contributed by atoms with Crippen molar-refractivity contribution >= 4 is 30.7 Å². The fourth-order valence-corrected chi connectivity index (χ4v) is 3.67. The lowest BCUT2D eigenvalue weighted by Gasteiger charge is -2.57. The Morgan fingerprint density at radius 1 is 1.34 bits per heavy atom. The molecular weight excluding hydrogens is 413 g/mol. The van der Waals surface area contributed by atoms with Crippen molar-refractivity contribution in [3.63, 3.8) is 0 Å². The number of carbonyl (C=O) groups is 1. The summed E-state index contributed by atoms with van der Waals surface area (Å²) in [5.74, 6) is 0.608. The molecule has 9 heteroatoms. The van der Waals surface area contributed by atoms with Crippen LogP contribution < -0.4 is 11.1 Å². The van der Waals surface area contributed by atoms with E-state index in [2.05, 4.69) is 15.4 Å². The van der Waals surface area contributed by atoms with Gasteiger partial charge in [0.2, 0.25) is 5.91 Å². The van der Waals surface area contributed by atoms with Crippen LogP contribution in [0.15, 0.2) is 24.4 Å². The molecule has 1 saturated carbocycles. The summed E-state index contributed by atoms with van der Waals surface area (Å²) in [4.78, 5) is 17.2. The van der Waals surface area contributed by atoms with Crippen LogP contribution in [0.4, 0.5) is 0 Å². The van der Waals surface area contributed by atoms with E-state index in [9.17, 15) is 4.79 Å². The summed E-state index contributed by atoms with van der Waals surface area (Å²) in [6.45, 7) is 10.9. The van der Waals surface area contributed by atoms with Crippen molar-refractivity contribution in [1.29, 1.82) is 0 Å². The van der Waals surface area contributed by atoms with Gasteiger partial charge in [-0.05, 0) is 38.5 Å². The summed E-state index contributed by atoms with van der Waals surface area (Å²) < 4.78 is 7.49. The lowest BCUT2D eigenvalue weighted by atomic mass is 9.54. The zero-order valence-electron chi connectivity index (χ0n) is 17.6. The minimum absolute atomic E-state index is 0. The summed E-state index contributed by atoms with van der Waals surface area (Å²) in [6, 6.07) is 5.85. The van der Waals surface area contributed by atoms with Crippen LogP contribution in [0.5, 0.6) is 0 Å². The number of ether oxygens (including phenoxy) is 1. The molecular formula is C20H31Cl2N5O2. The van der Waals surface area contributed by atoms with E-state index < -0.39 is 11.0 Å². The quantitative estimate of drug-likeness (QED) is 0.715. The SMILES string of the molecule is CCOC1CC(N)(C(=O)NCc2ccc(-n3nc(C)cc3C)nc2)C1(C)C.Cl.Cl. The molecule has 2 unspecified atom stereocenters. The van der Waals surface area contributed by atoms with Gasteiger partial charge in [-0.25, -0.2) is 9.67 Å². The Hall–Kier alpha value is -1.67. The number of carbonyl (C=O) groups excluding carboxylic acids is 1. The largest absolute Gasteiger partial charge is 0.378 e. The van der Waals surface area contributed by atoms with E-state index in [1.165, 1.54) is 0 Å². The average Bonchev–Trinajstić information content (AvgIpc) is 2.98. The van der Waals surface area contributed by atoms with Crippen LogP contribution >= 0.6 is 24.8 Å².